The van der Waals surface area contributed by atoms with Gasteiger partial charge in [-0.25, -0.2) is 13.1 Å². The van der Waals surface area contributed by atoms with Crippen LogP contribution >= 0.6 is 0 Å². The quantitative estimate of drug-likeness (QED) is 0.628. The lowest BCUT2D eigenvalue weighted by Gasteiger charge is -2.37. The molecule has 1 aromatic carbocycles. The van der Waals surface area contributed by atoms with Crippen molar-refractivity contribution in [3.63, 3.8) is 0 Å². The molecule has 29 heavy (non-hydrogen) atoms. The zero-order valence-electron chi connectivity index (χ0n) is 17.8. The summed E-state index contributed by atoms with van der Waals surface area (Å²) >= 11 is 0. The average Bonchev–Trinajstić information content (AvgIpc) is 2.68. The Labute approximate surface area is 174 Å². The number of hydrogen-bond acceptors (Lipinski definition) is 4. The minimum atomic E-state index is -3.65. The summed E-state index contributed by atoms with van der Waals surface area (Å²) in [6.45, 7) is 8.82. The number of sulfonamides is 1. The zero-order chi connectivity index (χ0) is 21.6. The van der Waals surface area contributed by atoms with Crippen molar-refractivity contribution in [2.75, 3.05) is 19.6 Å². The highest BCUT2D eigenvalue weighted by atomic mass is 32.2. The van der Waals surface area contributed by atoms with Crippen molar-refractivity contribution in [2.45, 2.75) is 64.3 Å². The minimum absolute atomic E-state index is 0.00405. The molecule has 1 heterocycles. The molecule has 7 nitrogen and oxygen atoms in total. The molecule has 1 aliphatic rings. The Kier molecular flexibility index (Phi) is 8.22. The van der Waals surface area contributed by atoms with Crippen LogP contribution in [0.1, 0.15) is 62.4 Å². The highest BCUT2D eigenvalue weighted by Crippen LogP contribution is 2.26. The number of benzene rings is 1. The van der Waals surface area contributed by atoms with Gasteiger partial charge < -0.3 is 10.2 Å². The average molecular weight is 424 g/mol. The van der Waals surface area contributed by atoms with Gasteiger partial charge >= 0.3 is 0 Å². The van der Waals surface area contributed by atoms with Gasteiger partial charge in [0.2, 0.25) is 15.9 Å². The number of carbonyl (C=O) groups excluding carboxylic acids is 2. The van der Waals surface area contributed by atoms with Crippen LogP contribution in [-0.4, -0.2) is 50.8 Å². The molecule has 2 N–H and O–H groups in total. The number of nitrogens with one attached hydrogen (secondary N) is 2. The Balaban J connectivity index is 2.22. The van der Waals surface area contributed by atoms with E-state index in [-0.39, 0.29) is 35.2 Å². The van der Waals surface area contributed by atoms with Crippen LogP contribution in [-0.2, 0) is 14.8 Å². The summed E-state index contributed by atoms with van der Waals surface area (Å²) in [5, 5.41) is 2.96. The third kappa shape index (κ3) is 5.79. The van der Waals surface area contributed by atoms with Gasteiger partial charge in [0.25, 0.3) is 5.91 Å². The maximum absolute atomic E-state index is 13.3. The Bertz CT molecular complexity index is 838. The molecule has 2 rings (SSSR count). The summed E-state index contributed by atoms with van der Waals surface area (Å²) in [7, 11) is -3.65. The van der Waals surface area contributed by atoms with E-state index in [9.17, 15) is 18.0 Å². The maximum Gasteiger partial charge on any atom is 0.254 e. The second-order valence-corrected chi connectivity index (χ2v) is 9.47. The first-order valence-electron chi connectivity index (χ1n) is 10.4. The van der Waals surface area contributed by atoms with Crippen molar-refractivity contribution >= 4 is 21.8 Å². The molecule has 0 spiro atoms. The first-order valence-corrected chi connectivity index (χ1v) is 11.9. The lowest BCUT2D eigenvalue weighted by molar-refractivity contribution is -0.126. The van der Waals surface area contributed by atoms with Crippen LogP contribution in [0.2, 0.25) is 0 Å². The van der Waals surface area contributed by atoms with Gasteiger partial charge in [0.1, 0.15) is 0 Å². The van der Waals surface area contributed by atoms with E-state index in [0.717, 1.165) is 25.7 Å². The summed E-state index contributed by atoms with van der Waals surface area (Å²) in [4.78, 5) is 27.5. The van der Waals surface area contributed by atoms with Crippen LogP contribution in [0.4, 0.5) is 0 Å². The third-order valence-electron chi connectivity index (χ3n) is 5.43. The van der Waals surface area contributed by atoms with E-state index in [1.54, 1.807) is 24.8 Å². The molecule has 0 aromatic heterocycles. The molecule has 1 fully saturated rings. The Morgan fingerprint density at radius 1 is 1.21 bits per heavy atom. The van der Waals surface area contributed by atoms with Crippen LogP contribution in [0, 0.1) is 12.8 Å². The van der Waals surface area contributed by atoms with Crippen LogP contribution < -0.4 is 10.0 Å². The number of unbranched alkanes of at least 4 members (excludes halogenated alkanes) is 1. The smallest absolute Gasteiger partial charge is 0.254 e. The van der Waals surface area contributed by atoms with Crippen molar-refractivity contribution in [2.24, 2.45) is 5.92 Å². The van der Waals surface area contributed by atoms with Gasteiger partial charge in [-0.1, -0.05) is 26.3 Å². The highest BCUT2D eigenvalue weighted by Gasteiger charge is 2.33. The van der Waals surface area contributed by atoms with Gasteiger partial charge in [-0.3, -0.25) is 9.59 Å². The molecule has 2 atom stereocenters. The van der Waals surface area contributed by atoms with Crippen molar-refractivity contribution in [3.8, 4) is 0 Å². The van der Waals surface area contributed by atoms with E-state index < -0.39 is 10.0 Å². The van der Waals surface area contributed by atoms with Gasteiger partial charge in [-0.15, -0.1) is 0 Å². The molecule has 0 bridgehead atoms. The molecule has 0 saturated carbocycles. The molecule has 1 aliphatic heterocycles. The Hall–Kier alpha value is -1.93. The number of likely N-dealkylation sites (tertiary alicyclic amines) is 1. The molecular weight excluding hydrogens is 390 g/mol. The fraction of sp³-hybridized carbons (Fsp3) is 0.619. The van der Waals surface area contributed by atoms with E-state index in [1.807, 2.05) is 6.92 Å². The number of amides is 2. The first-order chi connectivity index (χ1) is 13.7. The number of nitrogens with zero attached hydrogens (tertiary/aromatic N) is 1. The topological polar surface area (TPSA) is 95.6 Å². The van der Waals surface area contributed by atoms with Crippen LogP contribution in [0.5, 0.6) is 0 Å². The molecule has 8 heteroatoms. The molecule has 1 aromatic rings. The first kappa shape index (κ1) is 23.3. The molecule has 2 amide bonds. The summed E-state index contributed by atoms with van der Waals surface area (Å²) < 4.78 is 27.1. The van der Waals surface area contributed by atoms with E-state index in [0.29, 0.717) is 24.2 Å². The summed E-state index contributed by atoms with van der Waals surface area (Å²) in [6, 6.07) is 4.60. The molecule has 162 valence electrons. The zero-order valence-corrected chi connectivity index (χ0v) is 18.6. The number of hydrogen-bond donors (Lipinski definition) is 2. The number of aryl methyl sites for hydroxylation is 1. The minimum Gasteiger partial charge on any atom is -0.356 e. The normalized spacial score (nSPS) is 19.8. The number of piperidine rings is 1. The predicted molar refractivity (Wildman–Crippen MR) is 113 cm³/mol. The largest absolute Gasteiger partial charge is 0.356 e. The molecule has 2 unspecified atom stereocenters. The van der Waals surface area contributed by atoms with E-state index in [2.05, 4.69) is 17.0 Å². The van der Waals surface area contributed by atoms with E-state index in [4.69, 9.17) is 0 Å². The molecular formula is C21H33N3O4S. The van der Waals surface area contributed by atoms with Crippen molar-refractivity contribution < 1.29 is 18.0 Å². The van der Waals surface area contributed by atoms with Gasteiger partial charge in [-0.2, -0.15) is 0 Å². The van der Waals surface area contributed by atoms with Crippen molar-refractivity contribution in [1.82, 2.24) is 14.9 Å². The van der Waals surface area contributed by atoms with E-state index >= 15 is 0 Å². The Morgan fingerprint density at radius 3 is 2.59 bits per heavy atom. The fourth-order valence-electron chi connectivity index (χ4n) is 3.56. The SMILES string of the molecule is CCCCNC(=O)C1CCC(C)N(C(=O)c2cc(S(=O)(=O)NCC)ccc2C)C1. The fourth-order valence-corrected chi connectivity index (χ4v) is 4.63. The summed E-state index contributed by atoms with van der Waals surface area (Å²) in [5.41, 5.74) is 1.08. The van der Waals surface area contributed by atoms with Gasteiger partial charge in [0.05, 0.1) is 10.8 Å². The summed E-state index contributed by atoms with van der Waals surface area (Å²) in [6.07, 6.45) is 3.44. The van der Waals surface area contributed by atoms with Gasteiger partial charge in [-0.05, 0) is 50.8 Å². The van der Waals surface area contributed by atoms with Crippen LogP contribution in [0.15, 0.2) is 23.1 Å². The second-order valence-electron chi connectivity index (χ2n) is 7.70. The van der Waals surface area contributed by atoms with Gasteiger partial charge in [0.15, 0.2) is 0 Å². The maximum atomic E-state index is 13.3. The van der Waals surface area contributed by atoms with E-state index in [1.165, 1.54) is 12.1 Å². The monoisotopic (exact) mass is 423 g/mol. The third-order valence-corrected chi connectivity index (χ3v) is 6.97. The lowest BCUT2D eigenvalue weighted by atomic mass is 9.91. The highest BCUT2D eigenvalue weighted by molar-refractivity contribution is 7.89. The lowest BCUT2D eigenvalue weighted by Crippen LogP contribution is -2.49. The van der Waals surface area contributed by atoms with Crippen LogP contribution in [0.25, 0.3) is 0 Å². The standard InChI is InChI=1S/C21H33N3O4S/c1-5-7-12-22-20(25)17-10-9-16(4)24(14-17)21(26)19-13-18(11-8-15(19)3)29(27,28)23-6-2/h8,11,13,16-17,23H,5-7,9-10,12,14H2,1-4H3,(H,22,25). The molecule has 1 saturated heterocycles. The number of rotatable bonds is 8. The molecule has 0 radical (unpaired) electrons. The number of carbonyl (C=O) groups is 2. The predicted octanol–water partition coefficient (Wildman–Crippen LogP) is 2.45. The van der Waals surface area contributed by atoms with Crippen molar-refractivity contribution in [1.29, 1.82) is 0 Å². The second kappa shape index (κ2) is 10.2. The van der Waals surface area contributed by atoms with Crippen LogP contribution in [0.3, 0.4) is 0 Å². The van der Waals surface area contributed by atoms with Crippen molar-refractivity contribution in [3.05, 3.63) is 29.3 Å². The Morgan fingerprint density at radius 2 is 1.93 bits per heavy atom. The molecule has 0 aliphatic carbocycles. The van der Waals surface area contributed by atoms with Gasteiger partial charge in [0, 0.05) is 31.2 Å². The summed E-state index contributed by atoms with van der Waals surface area (Å²) in [5.74, 6) is -0.473.